The second-order valence-corrected chi connectivity index (χ2v) is 13.9. The molecule has 0 radical (unpaired) electrons. The zero-order chi connectivity index (χ0) is 34.3. The van der Waals surface area contributed by atoms with E-state index in [0.717, 1.165) is 51.4 Å². The summed E-state index contributed by atoms with van der Waals surface area (Å²) < 4.78 is 0. The highest BCUT2D eigenvalue weighted by molar-refractivity contribution is 6.16. The van der Waals surface area contributed by atoms with Gasteiger partial charge in [-0.1, -0.05) is 51.4 Å². The molecule has 0 aliphatic heterocycles. The topological polar surface area (TPSA) is 168 Å². The molecule has 9 nitrogen and oxygen atoms in total. The zero-order valence-electron chi connectivity index (χ0n) is 27.7. The molecule has 0 aromatic heterocycles. The maximum absolute atomic E-state index is 13.5. The van der Waals surface area contributed by atoms with Crippen molar-refractivity contribution in [3.63, 3.8) is 0 Å². The van der Waals surface area contributed by atoms with E-state index in [9.17, 15) is 40.2 Å². The molecule has 4 aromatic carbocycles. The number of benzene rings is 4. The first-order valence-electron chi connectivity index (χ1n) is 17.2. The van der Waals surface area contributed by atoms with E-state index in [1.165, 1.54) is 25.0 Å². The first kappa shape index (κ1) is 33.2. The molecule has 2 aliphatic rings. The fraction of sp³-hybridized carbons (Fsp3) is 0.436. The molecule has 48 heavy (non-hydrogen) atoms. The van der Waals surface area contributed by atoms with E-state index < -0.39 is 28.9 Å². The van der Waals surface area contributed by atoms with Gasteiger partial charge in [0.15, 0.2) is 28.8 Å². The molecule has 0 saturated heterocycles. The van der Waals surface area contributed by atoms with E-state index in [1.807, 2.05) is 0 Å². The van der Waals surface area contributed by atoms with Crippen LogP contribution in [0.5, 0.6) is 34.5 Å². The number of amides is 1. The van der Waals surface area contributed by atoms with Crippen LogP contribution in [0.15, 0.2) is 24.3 Å². The van der Waals surface area contributed by atoms with Crippen LogP contribution in [-0.2, 0) is 0 Å². The predicted molar refractivity (Wildman–Crippen MR) is 185 cm³/mol. The van der Waals surface area contributed by atoms with Crippen molar-refractivity contribution in [2.24, 2.45) is 11.8 Å². The van der Waals surface area contributed by atoms with Gasteiger partial charge in [0, 0.05) is 45.6 Å². The lowest BCUT2D eigenvalue weighted by Gasteiger charge is -2.23. The molecular weight excluding hydrogens is 610 g/mol. The van der Waals surface area contributed by atoms with Gasteiger partial charge in [0.2, 0.25) is 0 Å². The fourth-order valence-corrected chi connectivity index (χ4v) is 8.05. The van der Waals surface area contributed by atoms with Gasteiger partial charge in [-0.25, -0.2) is 0 Å². The summed E-state index contributed by atoms with van der Waals surface area (Å²) in [5.74, 6) is -2.98. The van der Waals surface area contributed by atoms with E-state index in [0.29, 0.717) is 35.9 Å². The van der Waals surface area contributed by atoms with E-state index in [-0.39, 0.29) is 67.5 Å². The Kier molecular flexibility index (Phi) is 9.32. The molecule has 0 bridgehead atoms. The number of phenolic OH excluding ortho intramolecular Hbond substituents is 6. The van der Waals surface area contributed by atoms with Crippen LogP contribution >= 0.6 is 0 Å². The molecule has 4 aromatic rings. The number of ketones is 1. The summed E-state index contributed by atoms with van der Waals surface area (Å²) in [7, 11) is 0. The van der Waals surface area contributed by atoms with Crippen LogP contribution < -0.4 is 5.32 Å². The second-order valence-electron chi connectivity index (χ2n) is 13.9. The number of phenols is 6. The summed E-state index contributed by atoms with van der Waals surface area (Å²) in [6, 6.07) is 5.66. The lowest BCUT2D eigenvalue weighted by Crippen LogP contribution is -2.30. The molecule has 2 fully saturated rings. The van der Waals surface area contributed by atoms with E-state index in [1.54, 1.807) is 26.0 Å². The molecule has 6 rings (SSSR count). The highest BCUT2D eigenvalue weighted by Crippen LogP contribution is 2.51. The highest BCUT2D eigenvalue weighted by Gasteiger charge is 2.28. The normalized spacial score (nSPS) is 16.0. The Morgan fingerprint density at radius 1 is 0.604 bits per heavy atom. The molecule has 254 valence electrons. The average molecular weight is 656 g/mol. The van der Waals surface area contributed by atoms with Gasteiger partial charge in [-0.3, -0.25) is 9.59 Å². The SMILES string of the molecule is Cc1cc2c(C(=O)CCC3CCCCC3)c(O)c(O)cc2c(O)c1-c1c(C)cc2c(C(=O)NCC3CCCCC3)c(O)c(O)cc2c1O. The zero-order valence-corrected chi connectivity index (χ0v) is 27.7. The van der Waals surface area contributed by atoms with Crippen LogP contribution in [-0.4, -0.2) is 48.9 Å². The number of hydrogen-bond donors (Lipinski definition) is 7. The molecule has 1 amide bonds. The van der Waals surface area contributed by atoms with Crippen molar-refractivity contribution in [3.8, 4) is 45.6 Å². The van der Waals surface area contributed by atoms with Crippen LogP contribution in [0.4, 0.5) is 0 Å². The Morgan fingerprint density at radius 2 is 1.06 bits per heavy atom. The van der Waals surface area contributed by atoms with Gasteiger partial charge in [0.05, 0.1) is 11.1 Å². The smallest absolute Gasteiger partial charge is 0.255 e. The van der Waals surface area contributed by atoms with Gasteiger partial charge < -0.3 is 36.0 Å². The maximum Gasteiger partial charge on any atom is 0.255 e. The number of rotatable bonds is 8. The fourth-order valence-electron chi connectivity index (χ4n) is 8.05. The van der Waals surface area contributed by atoms with Gasteiger partial charge in [-0.15, -0.1) is 0 Å². The number of aryl methyl sites for hydroxylation is 2. The highest BCUT2D eigenvalue weighted by atomic mass is 16.3. The number of nitrogens with one attached hydrogen (secondary N) is 1. The van der Waals surface area contributed by atoms with Crippen LogP contribution in [0.3, 0.4) is 0 Å². The molecule has 9 heteroatoms. The lowest BCUT2D eigenvalue weighted by molar-refractivity contribution is 0.0939. The third-order valence-corrected chi connectivity index (χ3v) is 10.7. The molecule has 0 unspecified atom stereocenters. The van der Waals surface area contributed by atoms with Gasteiger partial charge in [0.1, 0.15) is 11.5 Å². The Morgan fingerprint density at radius 3 is 1.58 bits per heavy atom. The lowest BCUT2D eigenvalue weighted by atomic mass is 9.84. The Bertz CT molecular complexity index is 1780. The summed E-state index contributed by atoms with van der Waals surface area (Å²) >= 11 is 0. The third kappa shape index (κ3) is 6.06. The molecular formula is C39H45NO8. The van der Waals surface area contributed by atoms with E-state index in [2.05, 4.69) is 5.32 Å². The number of carbonyl (C=O) groups is 2. The van der Waals surface area contributed by atoms with Gasteiger partial charge in [-0.2, -0.15) is 0 Å². The summed E-state index contributed by atoms with van der Waals surface area (Å²) in [5.41, 5.74) is 1.20. The minimum atomic E-state index is -0.587. The minimum absolute atomic E-state index is 0.0468. The molecule has 2 saturated carbocycles. The van der Waals surface area contributed by atoms with Crippen molar-refractivity contribution in [1.82, 2.24) is 5.32 Å². The van der Waals surface area contributed by atoms with Crippen molar-refractivity contribution < 1.29 is 40.2 Å². The van der Waals surface area contributed by atoms with Crippen molar-refractivity contribution >= 4 is 33.2 Å². The quantitative estimate of drug-likeness (QED) is 0.0734. The number of aromatic hydroxyl groups is 6. The van der Waals surface area contributed by atoms with Crippen LogP contribution in [0.25, 0.3) is 32.7 Å². The summed E-state index contributed by atoms with van der Waals surface area (Å²) in [5, 5.41) is 70.1. The molecule has 0 heterocycles. The second kappa shape index (κ2) is 13.5. The van der Waals surface area contributed by atoms with Crippen LogP contribution in [0, 0.1) is 25.7 Å². The van der Waals surface area contributed by atoms with Crippen molar-refractivity contribution in [1.29, 1.82) is 0 Å². The van der Waals surface area contributed by atoms with Gasteiger partial charge in [0.25, 0.3) is 5.91 Å². The Labute approximate surface area is 279 Å². The Balaban J connectivity index is 1.43. The van der Waals surface area contributed by atoms with E-state index in [4.69, 9.17) is 0 Å². The number of hydrogen-bond acceptors (Lipinski definition) is 8. The minimum Gasteiger partial charge on any atom is -0.507 e. The molecule has 2 aliphatic carbocycles. The third-order valence-electron chi connectivity index (χ3n) is 10.7. The van der Waals surface area contributed by atoms with Gasteiger partial charge in [-0.05, 0) is 80.3 Å². The summed E-state index contributed by atoms with van der Waals surface area (Å²) in [6.07, 6.45) is 11.9. The first-order valence-corrected chi connectivity index (χ1v) is 17.2. The Hall–Kier alpha value is -4.66. The number of carbonyl (C=O) groups excluding carboxylic acids is 2. The first-order chi connectivity index (χ1) is 23.0. The van der Waals surface area contributed by atoms with E-state index >= 15 is 0 Å². The summed E-state index contributed by atoms with van der Waals surface area (Å²) in [4.78, 5) is 26.9. The van der Waals surface area contributed by atoms with Crippen molar-refractivity contribution in [2.75, 3.05) is 6.54 Å². The predicted octanol–water partition coefficient (Wildman–Crippen LogP) is 8.36. The standard InChI is InChI=1S/C39H45NO8/c1-20-15-24-26(17-29(42)37(46)33(24)28(41)14-13-22-9-5-3-6-10-22)35(44)31(20)32-21(2)16-25-27(36(32)45)18-30(43)38(47)34(25)39(48)40-19-23-11-7-4-8-12-23/h15-18,22-23,42-47H,3-14,19H2,1-2H3,(H,40,48). The maximum atomic E-state index is 13.5. The van der Waals surface area contributed by atoms with Crippen molar-refractivity contribution in [3.05, 3.63) is 46.5 Å². The number of Topliss-reactive ketones (excluding diaryl/α,β-unsaturated/α-hetero) is 1. The monoisotopic (exact) mass is 655 g/mol. The van der Waals surface area contributed by atoms with Crippen molar-refractivity contribution in [2.45, 2.75) is 90.9 Å². The number of fused-ring (bicyclic) bond motifs is 2. The van der Waals surface area contributed by atoms with Crippen LogP contribution in [0.1, 0.15) is 109 Å². The molecule has 7 N–H and O–H groups in total. The largest absolute Gasteiger partial charge is 0.507 e. The molecule has 0 spiro atoms. The summed E-state index contributed by atoms with van der Waals surface area (Å²) in [6.45, 7) is 3.84. The average Bonchev–Trinajstić information content (AvgIpc) is 3.07. The van der Waals surface area contributed by atoms with Crippen LogP contribution in [0.2, 0.25) is 0 Å². The molecule has 0 atom stereocenters. The van der Waals surface area contributed by atoms with Gasteiger partial charge >= 0.3 is 0 Å².